The molecule has 0 saturated carbocycles. The third kappa shape index (κ3) is 5.11. The lowest BCUT2D eigenvalue weighted by molar-refractivity contribution is -0.116. The number of rotatable bonds is 7. The van der Waals surface area contributed by atoms with Gasteiger partial charge in [0.05, 0.1) is 0 Å². The number of amides is 2. The molecule has 122 valence electrons. The van der Waals surface area contributed by atoms with Crippen molar-refractivity contribution in [1.29, 1.82) is 0 Å². The van der Waals surface area contributed by atoms with Gasteiger partial charge < -0.3 is 10.6 Å². The summed E-state index contributed by atoms with van der Waals surface area (Å²) in [5.41, 5.74) is 1.71. The highest BCUT2D eigenvalue weighted by molar-refractivity contribution is 7.98. The molecule has 6 heteroatoms. The highest BCUT2D eigenvalue weighted by Gasteiger charge is 2.12. The number of hydrogen-bond acceptors (Lipinski definition) is 4. The van der Waals surface area contributed by atoms with Gasteiger partial charge in [0, 0.05) is 23.5 Å². The van der Waals surface area contributed by atoms with E-state index < -0.39 is 0 Å². The van der Waals surface area contributed by atoms with Gasteiger partial charge in [-0.25, -0.2) is 0 Å². The summed E-state index contributed by atoms with van der Waals surface area (Å²) in [6.45, 7) is 2.40. The van der Waals surface area contributed by atoms with E-state index in [1.807, 2.05) is 48.9 Å². The van der Waals surface area contributed by atoms with E-state index in [2.05, 4.69) is 10.6 Å². The first-order valence-electron chi connectivity index (χ1n) is 7.42. The first-order chi connectivity index (χ1) is 11.1. The van der Waals surface area contributed by atoms with Crippen molar-refractivity contribution in [1.82, 2.24) is 5.32 Å². The Hall–Kier alpha value is -1.79. The molecule has 0 unspecified atom stereocenters. The van der Waals surface area contributed by atoms with Gasteiger partial charge in [0.2, 0.25) is 5.91 Å². The van der Waals surface area contributed by atoms with E-state index in [4.69, 9.17) is 0 Å². The quantitative estimate of drug-likeness (QED) is 0.739. The maximum Gasteiger partial charge on any atom is 0.262 e. The van der Waals surface area contributed by atoms with Crippen LogP contribution in [0.4, 0.5) is 5.69 Å². The summed E-state index contributed by atoms with van der Waals surface area (Å²) in [7, 11) is 0. The zero-order valence-corrected chi connectivity index (χ0v) is 14.9. The highest BCUT2D eigenvalue weighted by atomic mass is 32.2. The van der Waals surface area contributed by atoms with Crippen molar-refractivity contribution in [3.05, 3.63) is 46.2 Å². The molecular weight excluding hydrogens is 328 g/mol. The second kappa shape index (κ2) is 8.74. The minimum Gasteiger partial charge on any atom is -0.347 e. The van der Waals surface area contributed by atoms with Gasteiger partial charge in [0.1, 0.15) is 4.88 Å². The van der Waals surface area contributed by atoms with E-state index in [0.29, 0.717) is 13.0 Å². The molecule has 2 aromatic rings. The molecule has 23 heavy (non-hydrogen) atoms. The van der Waals surface area contributed by atoms with Crippen molar-refractivity contribution < 1.29 is 9.59 Å². The maximum absolute atomic E-state index is 12.2. The molecule has 2 amide bonds. The number of hydrogen-bond donors (Lipinski definition) is 2. The monoisotopic (exact) mass is 348 g/mol. The molecule has 0 atom stereocenters. The Kier molecular flexibility index (Phi) is 6.67. The topological polar surface area (TPSA) is 58.2 Å². The van der Waals surface area contributed by atoms with Crippen LogP contribution in [0.2, 0.25) is 0 Å². The van der Waals surface area contributed by atoms with Crippen LogP contribution >= 0.6 is 23.1 Å². The summed E-state index contributed by atoms with van der Waals surface area (Å²) < 4.78 is 0. The summed E-state index contributed by atoms with van der Waals surface area (Å²) in [4.78, 5) is 25.6. The Morgan fingerprint density at radius 1 is 1.26 bits per heavy atom. The number of carbonyl (C=O) groups excluding carboxylic acids is 2. The van der Waals surface area contributed by atoms with E-state index in [-0.39, 0.29) is 11.8 Å². The fourth-order valence-corrected chi connectivity index (χ4v) is 3.76. The number of anilines is 1. The van der Waals surface area contributed by atoms with E-state index in [9.17, 15) is 9.59 Å². The van der Waals surface area contributed by atoms with Gasteiger partial charge in [0.25, 0.3) is 5.91 Å². The minimum atomic E-state index is -0.0650. The Labute approximate surface area is 144 Å². The lowest BCUT2D eigenvalue weighted by Gasteiger charge is -2.08. The van der Waals surface area contributed by atoms with Gasteiger partial charge in [-0.2, -0.15) is 0 Å². The predicted molar refractivity (Wildman–Crippen MR) is 97.2 cm³/mol. The van der Waals surface area contributed by atoms with Crippen molar-refractivity contribution in [3.63, 3.8) is 0 Å². The molecule has 0 saturated heterocycles. The van der Waals surface area contributed by atoms with Crippen LogP contribution in [0, 0.1) is 0 Å². The molecule has 0 aliphatic rings. The summed E-state index contributed by atoms with van der Waals surface area (Å²) in [5, 5.41) is 7.71. The molecule has 0 fully saturated rings. The van der Waals surface area contributed by atoms with Crippen molar-refractivity contribution in [2.45, 2.75) is 31.2 Å². The molecule has 1 heterocycles. The lowest BCUT2D eigenvalue weighted by atomic mass is 10.2. The van der Waals surface area contributed by atoms with Crippen molar-refractivity contribution in [3.8, 4) is 0 Å². The summed E-state index contributed by atoms with van der Waals surface area (Å²) in [6.07, 6.45) is 3.29. The van der Waals surface area contributed by atoms with Gasteiger partial charge in [-0.3, -0.25) is 9.59 Å². The summed E-state index contributed by atoms with van der Waals surface area (Å²) >= 11 is 3.01. The van der Waals surface area contributed by atoms with Gasteiger partial charge in [-0.15, -0.1) is 23.1 Å². The number of nitrogens with one attached hydrogen (secondary N) is 2. The molecule has 0 bridgehead atoms. The molecule has 0 spiro atoms. The van der Waals surface area contributed by atoms with Gasteiger partial charge in [0.15, 0.2) is 0 Å². The average molecular weight is 348 g/mol. The molecule has 2 rings (SSSR count). The van der Waals surface area contributed by atoms with Gasteiger partial charge in [-0.05, 0) is 41.8 Å². The first kappa shape index (κ1) is 17.6. The minimum absolute atomic E-state index is 0.0110. The standard InChI is InChI=1S/C17H20N2O2S2/c1-3-5-15(20)19-13-7-4-6-12(10-13)11-18-17(21)16-14(22-2)8-9-23-16/h4,6-10H,3,5,11H2,1-2H3,(H,18,21)(H,19,20). The molecule has 1 aromatic carbocycles. The number of thiophene rings is 1. The highest BCUT2D eigenvalue weighted by Crippen LogP contribution is 2.25. The molecule has 0 aliphatic carbocycles. The van der Waals surface area contributed by atoms with Crippen LogP contribution in [0.25, 0.3) is 0 Å². The van der Waals surface area contributed by atoms with Crippen LogP contribution in [0.3, 0.4) is 0 Å². The van der Waals surface area contributed by atoms with Crippen LogP contribution in [-0.2, 0) is 11.3 Å². The SMILES string of the molecule is CCCC(=O)Nc1cccc(CNC(=O)c2sccc2SC)c1. The first-order valence-corrected chi connectivity index (χ1v) is 9.53. The number of thioether (sulfide) groups is 1. The van der Waals surface area contributed by atoms with E-state index in [1.54, 1.807) is 11.8 Å². The molecular formula is C17H20N2O2S2. The Balaban J connectivity index is 1.95. The van der Waals surface area contributed by atoms with Crippen LogP contribution < -0.4 is 10.6 Å². The van der Waals surface area contributed by atoms with Crippen LogP contribution in [0.5, 0.6) is 0 Å². The third-order valence-corrected chi connectivity index (χ3v) is 5.02. The van der Waals surface area contributed by atoms with Gasteiger partial charge in [-0.1, -0.05) is 19.1 Å². The number of benzene rings is 1. The van der Waals surface area contributed by atoms with E-state index in [1.165, 1.54) is 11.3 Å². The molecule has 4 nitrogen and oxygen atoms in total. The second-order valence-electron chi connectivity index (χ2n) is 5.00. The van der Waals surface area contributed by atoms with E-state index in [0.717, 1.165) is 27.4 Å². The third-order valence-electron chi connectivity index (χ3n) is 3.20. The smallest absolute Gasteiger partial charge is 0.262 e. The van der Waals surface area contributed by atoms with Crippen LogP contribution in [0.15, 0.2) is 40.6 Å². The Bertz CT molecular complexity index is 683. The lowest BCUT2D eigenvalue weighted by Crippen LogP contribution is -2.22. The van der Waals surface area contributed by atoms with Gasteiger partial charge >= 0.3 is 0 Å². The normalized spacial score (nSPS) is 10.3. The Morgan fingerprint density at radius 2 is 2.09 bits per heavy atom. The van der Waals surface area contributed by atoms with Crippen LogP contribution in [-0.4, -0.2) is 18.1 Å². The predicted octanol–water partition coefficient (Wildman–Crippen LogP) is 4.14. The second-order valence-corrected chi connectivity index (χ2v) is 6.76. The summed E-state index contributed by atoms with van der Waals surface area (Å²) in [5.74, 6) is -0.0540. The largest absolute Gasteiger partial charge is 0.347 e. The maximum atomic E-state index is 12.2. The number of carbonyl (C=O) groups is 2. The molecule has 0 aliphatic heterocycles. The van der Waals surface area contributed by atoms with Crippen molar-refractivity contribution in [2.75, 3.05) is 11.6 Å². The molecule has 0 radical (unpaired) electrons. The van der Waals surface area contributed by atoms with Crippen molar-refractivity contribution in [2.24, 2.45) is 0 Å². The zero-order chi connectivity index (χ0) is 16.7. The van der Waals surface area contributed by atoms with Crippen LogP contribution in [0.1, 0.15) is 35.0 Å². The fraction of sp³-hybridized carbons (Fsp3) is 0.294. The molecule has 2 N–H and O–H groups in total. The Morgan fingerprint density at radius 3 is 2.83 bits per heavy atom. The van der Waals surface area contributed by atoms with Crippen molar-refractivity contribution >= 4 is 40.6 Å². The fourth-order valence-electron chi connectivity index (χ4n) is 2.10. The summed E-state index contributed by atoms with van der Waals surface area (Å²) in [6, 6.07) is 9.50. The average Bonchev–Trinajstić information content (AvgIpc) is 3.02. The van der Waals surface area contributed by atoms with E-state index >= 15 is 0 Å². The zero-order valence-electron chi connectivity index (χ0n) is 13.2. The molecule has 1 aromatic heterocycles.